The van der Waals surface area contributed by atoms with Crippen LogP contribution in [0.4, 0.5) is 0 Å². The van der Waals surface area contributed by atoms with E-state index in [4.69, 9.17) is 17.0 Å². The number of amides is 4. The Hall–Kier alpha value is -3.85. The van der Waals surface area contributed by atoms with Gasteiger partial charge in [-0.1, -0.05) is 18.2 Å². The molecule has 0 aromatic heterocycles. The maximum atomic E-state index is 12.7. The van der Waals surface area contributed by atoms with Crippen LogP contribution in [-0.4, -0.2) is 52.7 Å². The molecular formula is C22H17N3O5S. The average molecular weight is 435 g/mol. The lowest BCUT2D eigenvalue weighted by Gasteiger charge is -2.25. The number of ether oxygens (including phenoxy) is 1. The Morgan fingerprint density at radius 3 is 2.26 bits per heavy atom. The van der Waals surface area contributed by atoms with Crippen LogP contribution in [0.3, 0.4) is 0 Å². The summed E-state index contributed by atoms with van der Waals surface area (Å²) in [6, 6.07) is 11.6. The number of hydrogen-bond donors (Lipinski definition) is 1. The van der Waals surface area contributed by atoms with Crippen LogP contribution in [0.5, 0.6) is 5.75 Å². The fourth-order valence-corrected chi connectivity index (χ4v) is 3.65. The van der Waals surface area contributed by atoms with Crippen LogP contribution in [0.2, 0.25) is 0 Å². The Kier molecular flexibility index (Phi) is 5.12. The Labute approximate surface area is 183 Å². The second-order valence-electron chi connectivity index (χ2n) is 6.99. The van der Waals surface area contributed by atoms with Gasteiger partial charge in [-0.15, -0.1) is 0 Å². The zero-order chi connectivity index (χ0) is 22.3. The van der Waals surface area contributed by atoms with Crippen LogP contribution < -0.4 is 10.1 Å². The Morgan fingerprint density at radius 1 is 1.00 bits per heavy atom. The number of carbonyl (C=O) groups is 4. The number of rotatable bonds is 4. The van der Waals surface area contributed by atoms with Crippen molar-refractivity contribution in [2.45, 2.75) is 6.54 Å². The van der Waals surface area contributed by atoms with Gasteiger partial charge in [0.2, 0.25) is 0 Å². The molecule has 156 valence electrons. The zero-order valence-corrected chi connectivity index (χ0v) is 17.5. The molecular weight excluding hydrogens is 418 g/mol. The van der Waals surface area contributed by atoms with Gasteiger partial charge in [0.05, 0.1) is 24.8 Å². The summed E-state index contributed by atoms with van der Waals surface area (Å²) in [6.45, 7) is -0.0172. The topological polar surface area (TPSA) is 96.0 Å². The largest absolute Gasteiger partial charge is 0.496 e. The molecule has 0 unspecified atom stereocenters. The summed E-state index contributed by atoms with van der Waals surface area (Å²) in [7, 11) is 2.95. The second-order valence-corrected chi connectivity index (χ2v) is 7.38. The van der Waals surface area contributed by atoms with Crippen molar-refractivity contribution in [3.63, 3.8) is 0 Å². The first-order valence-corrected chi connectivity index (χ1v) is 9.70. The minimum atomic E-state index is -0.592. The number of hydrogen-bond acceptors (Lipinski definition) is 6. The van der Waals surface area contributed by atoms with Crippen LogP contribution in [0.1, 0.15) is 31.8 Å². The minimum absolute atomic E-state index is 0.0172. The number of nitrogens with one attached hydrogen (secondary N) is 1. The van der Waals surface area contributed by atoms with Crippen LogP contribution in [0, 0.1) is 0 Å². The fraction of sp³-hybridized carbons (Fsp3) is 0.136. The van der Waals surface area contributed by atoms with Crippen molar-refractivity contribution in [3.05, 3.63) is 70.3 Å². The van der Waals surface area contributed by atoms with Gasteiger partial charge in [0, 0.05) is 12.6 Å². The predicted molar refractivity (Wildman–Crippen MR) is 115 cm³/mol. The van der Waals surface area contributed by atoms with E-state index >= 15 is 0 Å². The molecule has 0 spiro atoms. The monoisotopic (exact) mass is 435 g/mol. The van der Waals surface area contributed by atoms with Gasteiger partial charge >= 0.3 is 0 Å². The van der Waals surface area contributed by atoms with Gasteiger partial charge in [0.1, 0.15) is 11.3 Å². The predicted octanol–water partition coefficient (Wildman–Crippen LogP) is 1.75. The normalized spacial score (nSPS) is 17.4. The summed E-state index contributed by atoms with van der Waals surface area (Å²) in [5.41, 5.74) is 1.72. The third-order valence-electron chi connectivity index (χ3n) is 5.13. The highest BCUT2D eigenvalue weighted by atomic mass is 32.1. The van der Waals surface area contributed by atoms with Gasteiger partial charge in [-0.05, 0) is 48.1 Å². The first-order chi connectivity index (χ1) is 14.8. The van der Waals surface area contributed by atoms with Crippen LogP contribution in [0.25, 0.3) is 6.08 Å². The maximum absolute atomic E-state index is 12.7. The van der Waals surface area contributed by atoms with E-state index in [1.165, 1.54) is 25.1 Å². The van der Waals surface area contributed by atoms with Gasteiger partial charge in [0.15, 0.2) is 5.11 Å². The van der Waals surface area contributed by atoms with Crippen molar-refractivity contribution in [2.75, 3.05) is 14.2 Å². The summed E-state index contributed by atoms with van der Waals surface area (Å²) in [4.78, 5) is 52.4. The van der Waals surface area contributed by atoms with E-state index in [2.05, 4.69) is 5.32 Å². The molecule has 1 N–H and O–H groups in total. The van der Waals surface area contributed by atoms with Crippen molar-refractivity contribution in [1.82, 2.24) is 15.1 Å². The lowest BCUT2D eigenvalue weighted by Crippen LogP contribution is -2.52. The first kappa shape index (κ1) is 20.4. The summed E-state index contributed by atoms with van der Waals surface area (Å²) in [5, 5.41) is 2.49. The van der Waals surface area contributed by atoms with Gasteiger partial charge in [-0.2, -0.15) is 0 Å². The van der Waals surface area contributed by atoms with E-state index in [0.717, 1.165) is 4.90 Å². The summed E-state index contributed by atoms with van der Waals surface area (Å²) in [5.74, 6) is -1.42. The zero-order valence-electron chi connectivity index (χ0n) is 16.7. The number of methoxy groups -OCH3 is 1. The Morgan fingerprint density at radius 2 is 1.65 bits per heavy atom. The van der Waals surface area contributed by atoms with Gasteiger partial charge in [-0.25, -0.2) is 0 Å². The molecule has 31 heavy (non-hydrogen) atoms. The SMILES string of the molecule is COc1ccc(/C=C2\C(=O)NC(=S)N(C)C2=O)cc1CN1C(=O)c2ccccc2C1=O. The van der Waals surface area contributed by atoms with Crippen LogP contribution >= 0.6 is 12.2 Å². The lowest BCUT2D eigenvalue weighted by molar-refractivity contribution is -0.128. The van der Waals surface area contributed by atoms with E-state index in [1.54, 1.807) is 42.5 Å². The van der Waals surface area contributed by atoms with Crippen molar-refractivity contribution < 1.29 is 23.9 Å². The van der Waals surface area contributed by atoms with Crippen molar-refractivity contribution in [1.29, 1.82) is 0 Å². The average Bonchev–Trinajstić information content (AvgIpc) is 3.00. The molecule has 2 aliphatic heterocycles. The highest BCUT2D eigenvalue weighted by molar-refractivity contribution is 7.80. The van der Waals surface area contributed by atoms with Crippen LogP contribution in [0.15, 0.2) is 48.0 Å². The molecule has 2 aliphatic rings. The molecule has 4 rings (SSSR count). The standard InChI is InChI=1S/C22H17N3O5S/c1-24-19(27)16(18(26)23-22(24)31)10-12-7-8-17(30-2)13(9-12)11-25-20(28)14-5-3-4-6-15(14)21(25)29/h3-10H,11H2,1-2H3,(H,23,26,31)/b16-10+. The van der Waals surface area contributed by atoms with E-state index in [-0.39, 0.29) is 29.0 Å². The van der Waals surface area contributed by atoms with E-state index in [0.29, 0.717) is 28.0 Å². The first-order valence-electron chi connectivity index (χ1n) is 9.29. The molecule has 0 atom stereocenters. The van der Waals surface area contributed by atoms with Crippen molar-refractivity contribution in [3.8, 4) is 5.75 Å². The highest BCUT2D eigenvalue weighted by Gasteiger charge is 2.35. The smallest absolute Gasteiger partial charge is 0.265 e. The molecule has 9 heteroatoms. The number of fused-ring (bicyclic) bond motifs is 1. The molecule has 0 saturated carbocycles. The van der Waals surface area contributed by atoms with E-state index in [1.807, 2.05) is 0 Å². The minimum Gasteiger partial charge on any atom is -0.496 e. The molecule has 2 aromatic carbocycles. The Balaban J connectivity index is 1.67. The summed E-state index contributed by atoms with van der Waals surface area (Å²) < 4.78 is 5.38. The molecule has 4 amide bonds. The maximum Gasteiger partial charge on any atom is 0.265 e. The van der Waals surface area contributed by atoms with Crippen molar-refractivity contribution in [2.24, 2.45) is 0 Å². The van der Waals surface area contributed by atoms with Gasteiger partial charge in [0.25, 0.3) is 23.6 Å². The molecule has 0 aliphatic carbocycles. The molecule has 8 nitrogen and oxygen atoms in total. The second kappa shape index (κ2) is 7.77. The molecule has 0 bridgehead atoms. The van der Waals surface area contributed by atoms with Gasteiger partial charge < -0.3 is 4.74 Å². The number of likely N-dealkylation sites (N-methyl/N-ethyl adjacent to an activating group) is 1. The number of carbonyl (C=O) groups excluding carboxylic acids is 4. The molecule has 1 fully saturated rings. The van der Waals surface area contributed by atoms with Crippen LogP contribution in [-0.2, 0) is 16.1 Å². The van der Waals surface area contributed by atoms with Gasteiger partial charge in [-0.3, -0.25) is 34.3 Å². The number of benzene rings is 2. The summed E-state index contributed by atoms with van der Waals surface area (Å²) >= 11 is 4.95. The molecule has 2 heterocycles. The van der Waals surface area contributed by atoms with E-state index in [9.17, 15) is 19.2 Å². The summed E-state index contributed by atoms with van der Waals surface area (Å²) in [6.07, 6.45) is 1.43. The highest BCUT2D eigenvalue weighted by Crippen LogP contribution is 2.28. The van der Waals surface area contributed by atoms with E-state index < -0.39 is 11.8 Å². The quantitative estimate of drug-likeness (QED) is 0.340. The fourth-order valence-electron chi connectivity index (χ4n) is 3.48. The molecule has 0 radical (unpaired) electrons. The molecule has 2 aromatic rings. The third-order valence-corrected chi connectivity index (χ3v) is 5.50. The Bertz CT molecular complexity index is 1170. The number of thiocarbonyl (C=S) groups is 1. The number of nitrogens with zero attached hydrogens (tertiary/aromatic N) is 2. The molecule has 1 saturated heterocycles. The number of imide groups is 1. The third kappa shape index (κ3) is 3.49. The lowest BCUT2D eigenvalue weighted by atomic mass is 10.0. The van der Waals surface area contributed by atoms with Crippen molar-refractivity contribution >= 4 is 47.0 Å².